The molecule has 2 rings (SSSR count). The molecule has 116 valence electrons. The molecule has 1 unspecified atom stereocenters. The molecule has 0 radical (unpaired) electrons. The lowest BCUT2D eigenvalue weighted by Crippen LogP contribution is -2.28. The van der Waals surface area contributed by atoms with Crippen molar-refractivity contribution >= 4 is 29.3 Å². The van der Waals surface area contributed by atoms with Gasteiger partial charge in [-0.3, -0.25) is 4.90 Å². The number of halogens is 2. The largest absolute Gasteiger partial charge is 0.299 e. The smallest absolute Gasteiger partial charge is 0.0595 e. The van der Waals surface area contributed by atoms with Crippen molar-refractivity contribution < 1.29 is 0 Å². The molecule has 0 aliphatic rings. The molecule has 1 atom stereocenters. The van der Waals surface area contributed by atoms with E-state index < -0.39 is 0 Å². The molecule has 0 N–H and O–H groups in total. The molecule has 0 bridgehead atoms. The summed E-state index contributed by atoms with van der Waals surface area (Å²) in [6, 6.07) is 16.6. The summed E-state index contributed by atoms with van der Waals surface area (Å²) in [7, 11) is 2.13. The van der Waals surface area contributed by atoms with Gasteiger partial charge in [0.25, 0.3) is 0 Å². The van der Waals surface area contributed by atoms with Gasteiger partial charge in [0.05, 0.1) is 10.0 Å². The van der Waals surface area contributed by atoms with Gasteiger partial charge in [-0.2, -0.15) is 0 Å². The highest BCUT2D eigenvalue weighted by atomic mass is 35.5. The number of nitrogens with zero attached hydrogens (tertiary/aromatic N) is 1. The zero-order valence-electron chi connectivity index (χ0n) is 13.0. The van der Waals surface area contributed by atoms with Gasteiger partial charge in [0.1, 0.15) is 0 Å². The second-order valence-electron chi connectivity index (χ2n) is 5.56. The first-order valence-corrected chi connectivity index (χ1v) is 8.17. The van der Waals surface area contributed by atoms with Crippen LogP contribution in [0.2, 0.25) is 10.0 Å². The number of hydrogen-bond donors (Lipinski definition) is 0. The molecule has 0 heterocycles. The molecule has 22 heavy (non-hydrogen) atoms. The fraction of sp³-hybridized carbons (Fsp3) is 0.263. The molecular formula is C19H21Cl2N. The van der Waals surface area contributed by atoms with Crippen LogP contribution in [0.1, 0.15) is 24.5 Å². The molecule has 0 aliphatic carbocycles. The van der Waals surface area contributed by atoms with E-state index in [0.29, 0.717) is 16.1 Å². The van der Waals surface area contributed by atoms with Crippen LogP contribution in [0.3, 0.4) is 0 Å². The Morgan fingerprint density at radius 3 is 2.45 bits per heavy atom. The number of hydrogen-bond acceptors (Lipinski definition) is 1. The van der Waals surface area contributed by atoms with Crippen molar-refractivity contribution in [2.75, 3.05) is 7.05 Å². The van der Waals surface area contributed by atoms with Crippen LogP contribution in [0.5, 0.6) is 0 Å². The van der Waals surface area contributed by atoms with Gasteiger partial charge < -0.3 is 0 Å². The van der Waals surface area contributed by atoms with Gasteiger partial charge in [-0.25, -0.2) is 0 Å². The highest BCUT2D eigenvalue weighted by Crippen LogP contribution is 2.23. The summed E-state index contributed by atoms with van der Waals surface area (Å²) in [5, 5.41) is 1.22. The summed E-state index contributed by atoms with van der Waals surface area (Å²) in [6.45, 7) is 3.09. The van der Waals surface area contributed by atoms with Gasteiger partial charge in [0, 0.05) is 12.6 Å². The van der Waals surface area contributed by atoms with Crippen LogP contribution in [-0.2, 0) is 6.54 Å². The van der Waals surface area contributed by atoms with E-state index in [9.17, 15) is 0 Å². The Kier molecular flexibility index (Phi) is 6.50. The van der Waals surface area contributed by atoms with E-state index in [4.69, 9.17) is 23.2 Å². The van der Waals surface area contributed by atoms with Crippen LogP contribution in [0.15, 0.2) is 54.6 Å². The van der Waals surface area contributed by atoms with Crippen LogP contribution in [0.25, 0.3) is 6.08 Å². The summed E-state index contributed by atoms with van der Waals surface area (Å²) in [5.74, 6) is 0. The van der Waals surface area contributed by atoms with Crippen molar-refractivity contribution in [1.82, 2.24) is 4.90 Å². The second-order valence-corrected chi connectivity index (χ2v) is 6.38. The van der Waals surface area contributed by atoms with Gasteiger partial charge in [0.15, 0.2) is 0 Å². The zero-order chi connectivity index (χ0) is 15.9. The Hall–Kier alpha value is -1.28. The predicted molar refractivity (Wildman–Crippen MR) is 97.5 cm³/mol. The lowest BCUT2D eigenvalue weighted by Gasteiger charge is -2.24. The third-order valence-corrected chi connectivity index (χ3v) is 4.49. The van der Waals surface area contributed by atoms with Crippen molar-refractivity contribution in [2.45, 2.75) is 25.9 Å². The highest BCUT2D eigenvalue weighted by molar-refractivity contribution is 6.42. The van der Waals surface area contributed by atoms with Crippen LogP contribution in [0, 0.1) is 0 Å². The summed E-state index contributed by atoms with van der Waals surface area (Å²) < 4.78 is 0. The number of benzene rings is 2. The van der Waals surface area contributed by atoms with E-state index in [1.54, 1.807) is 0 Å². The molecule has 0 saturated heterocycles. The Bertz CT molecular complexity index is 623. The van der Waals surface area contributed by atoms with Crippen molar-refractivity contribution in [3.63, 3.8) is 0 Å². The molecule has 0 fully saturated rings. The fourth-order valence-corrected chi connectivity index (χ4v) is 2.55. The summed E-state index contributed by atoms with van der Waals surface area (Å²) in [6.07, 6.45) is 5.40. The second kappa shape index (κ2) is 8.38. The van der Waals surface area contributed by atoms with Crippen LogP contribution in [0.4, 0.5) is 0 Å². The Morgan fingerprint density at radius 2 is 1.77 bits per heavy atom. The van der Waals surface area contributed by atoms with E-state index in [2.05, 4.69) is 55.3 Å². The lowest BCUT2D eigenvalue weighted by atomic mass is 10.1. The van der Waals surface area contributed by atoms with Crippen LogP contribution >= 0.6 is 23.2 Å². The van der Waals surface area contributed by atoms with Crippen molar-refractivity contribution in [1.29, 1.82) is 0 Å². The maximum absolute atomic E-state index is 6.07. The molecule has 2 aromatic rings. The van der Waals surface area contributed by atoms with Gasteiger partial charge >= 0.3 is 0 Å². The minimum absolute atomic E-state index is 0.453. The standard InChI is InChI=1S/C19H21Cl2N/c1-15(7-6-10-16-8-4-3-5-9-16)22(2)14-17-11-12-18(20)19(21)13-17/h3-6,8-13,15H,7,14H2,1-2H3. The minimum Gasteiger partial charge on any atom is -0.299 e. The van der Waals surface area contributed by atoms with Gasteiger partial charge in [-0.05, 0) is 43.7 Å². The molecule has 0 aliphatic heterocycles. The van der Waals surface area contributed by atoms with E-state index in [1.807, 2.05) is 24.3 Å². The first-order valence-electron chi connectivity index (χ1n) is 7.42. The SMILES string of the molecule is CC(CC=Cc1ccccc1)N(C)Cc1ccc(Cl)c(Cl)c1. The fourth-order valence-electron chi connectivity index (χ4n) is 2.23. The molecule has 3 heteroatoms. The van der Waals surface area contributed by atoms with Crippen molar-refractivity contribution in [2.24, 2.45) is 0 Å². The van der Waals surface area contributed by atoms with Crippen LogP contribution in [-0.4, -0.2) is 18.0 Å². The highest BCUT2D eigenvalue weighted by Gasteiger charge is 2.09. The predicted octanol–water partition coefficient (Wildman–Crippen LogP) is 5.92. The van der Waals surface area contributed by atoms with Gasteiger partial charge in [0.2, 0.25) is 0 Å². The molecule has 0 aromatic heterocycles. The third kappa shape index (κ3) is 5.17. The van der Waals surface area contributed by atoms with Crippen LogP contribution < -0.4 is 0 Å². The zero-order valence-corrected chi connectivity index (χ0v) is 14.5. The monoisotopic (exact) mass is 333 g/mol. The van der Waals surface area contributed by atoms with Crippen molar-refractivity contribution in [3.8, 4) is 0 Å². The number of rotatable bonds is 6. The molecular weight excluding hydrogens is 313 g/mol. The Labute approximate surface area is 143 Å². The first-order chi connectivity index (χ1) is 10.6. The third-order valence-electron chi connectivity index (χ3n) is 3.76. The average molecular weight is 334 g/mol. The van der Waals surface area contributed by atoms with E-state index in [0.717, 1.165) is 13.0 Å². The first kappa shape index (κ1) is 17.1. The van der Waals surface area contributed by atoms with E-state index >= 15 is 0 Å². The molecule has 1 nitrogen and oxygen atoms in total. The van der Waals surface area contributed by atoms with E-state index in [-0.39, 0.29) is 0 Å². The molecule has 0 spiro atoms. The maximum Gasteiger partial charge on any atom is 0.0595 e. The average Bonchev–Trinajstić information content (AvgIpc) is 2.52. The molecule has 0 amide bonds. The Balaban J connectivity index is 1.87. The maximum atomic E-state index is 6.07. The normalized spacial score (nSPS) is 13.0. The quantitative estimate of drug-likeness (QED) is 0.634. The summed E-state index contributed by atoms with van der Waals surface area (Å²) in [5.41, 5.74) is 2.41. The summed E-state index contributed by atoms with van der Waals surface area (Å²) in [4.78, 5) is 2.31. The minimum atomic E-state index is 0.453. The van der Waals surface area contributed by atoms with Gasteiger partial charge in [-0.15, -0.1) is 0 Å². The van der Waals surface area contributed by atoms with Crippen molar-refractivity contribution in [3.05, 3.63) is 75.8 Å². The lowest BCUT2D eigenvalue weighted by molar-refractivity contribution is 0.251. The molecule has 0 saturated carbocycles. The molecule has 2 aromatic carbocycles. The van der Waals surface area contributed by atoms with Gasteiger partial charge in [-0.1, -0.05) is 71.8 Å². The van der Waals surface area contributed by atoms with E-state index in [1.165, 1.54) is 11.1 Å². The Morgan fingerprint density at radius 1 is 1.05 bits per heavy atom. The summed E-state index contributed by atoms with van der Waals surface area (Å²) >= 11 is 12.0. The topological polar surface area (TPSA) is 3.24 Å².